The summed E-state index contributed by atoms with van der Waals surface area (Å²) in [6.45, 7) is 4.65. The molecule has 0 spiro atoms. The maximum Gasteiger partial charge on any atom is 0.134 e. The Labute approximate surface area is 156 Å². The number of aromatic hydroxyl groups is 1. The topological polar surface area (TPSA) is 40.5 Å². The fourth-order valence-electron chi connectivity index (χ4n) is 6.81. The Bertz CT molecular complexity index is 725. The van der Waals surface area contributed by atoms with Crippen molar-refractivity contribution < 1.29 is 9.90 Å². The molecule has 2 bridgehead atoms. The van der Waals surface area contributed by atoms with E-state index in [1.165, 1.54) is 36.9 Å². The molecule has 4 aliphatic rings. The first-order valence-electron chi connectivity index (χ1n) is 10.7. The van der Waals surface area contributed by atoms with Crippen molar-refractivity contribution in [1.82, 2.24) is 4.90 Å². The van der Waals surface area contributed by atoms with Gasteiger partial charge in [0.15, 0.2) is 0 Å². The number of likely N-dealkylation sites (tertiary alicyclic amines) is 1. The quantitative estimate of drug-likeness (QED) is 0.891. The third-order valence-corrected chi connectivity index (χ3v) is 8.18. The van der Waals surface area contributed by atoms with Crippen LogP contribution in [0.25, 0.3) is 0 Å². The summed E-state index contributed by atoms with van der Waals surface area (Å²) < 4.78 is 0. The van der Waals surface area contributed by atoms with Crippen molar-refractivity contribution in [3.63, 3.8) is 0 Å². The molecule has 4 atom stereocenters. The van der Waals surface area contributed by atoms with E-state index >= 15 is 0 Å². The standard InChI is InChI=1S/C23H31NO2/c1-2-16-10-19(26)13-23-8-9-24(14-15-4-3-5-15)21(22(16)23)11-17-6-7-18(25)12-20(17)23/h6-7,12,15-16,21-22,25H,2-5,8-11,13-14H2,1H3/t16-,21?,22-,23?/m0/s1. The Morgan fingerprint density at radius 2 is 2.12 bits per heavy atom. The summed E-state index contributed by atoms with van der Waals surface area (Å²) in [5.41, 5.74) is 2.66. The number of piperidine rings is 1. The molecule has 26 heavy (non-hydrogen) atoms. The van der Waals surface area contributed by atoms with Crippen LogP contribution >= 0.6 is 0 Å². The van der Waals surface area contributed by atoms with Crippen LogP contribution in [0.5, 0.6) is 5.75 Å². The molecule has 3 nitrogen and oxygen atoms in total. The van der Waals surface area contributed by atoms with Gasteiger partial charge >= 0.3 is 0 Å². The minimum absolute atomic E-state index is 0.0247. The number of benzene rings is 1. The van der Waals surface area contributed by atoms with Crippen LogP contribution in [0.4, 0.5) is 0 Å². The molecule has 3 aliphatic carbocycles. The lowest BCUT2D eigenvalue weighted by Gasteiger charge is -2.61. The molecule has 0 amide bonds. The Hall–Kier alpha value is -1.35. The van der Waals surface area contributed by atoms with Gasteiger partial charge in [-0.05, 0) is 73.2 Å². The summed E-state index contributed by atoms with van der Waals surface area (Å²) in [5, 5.41) is 10.2. The number of fused-ring (bicyclic) bond motifs is 1. The van der Waals surface area contributed by atoms with E-state index in [4.69, 9.17) is 0 Å². The molecule has 1 aromatic rings. The molecule has 1 heterocycles. The highest BCUT2D eigenvalue weighted by molar-refractivity contribution is 5.82. The van der Waals surface area contributed by atoms with Crippen molar-refractivity contribution >= 4 is 5.78 Å². The summed E-state index contributed by atoms with van der Waals surface area (Å²) in [4.78, 5) is 15.5. The van der Waals surface area contributed by atoms with Gasteiger partial charge in [-0.2, -0.15) is 0 Å². The van der Waals surface area contributed by atoms with Gasteiger partial charge in [0, 0.05) is 30.8 Å². The number of phenolic OH excluding ortho intramolecular Hbond substituents is 1. The minimum atomic E-state index is -0.0247. The van der Waals surface area contributed by atoms with Crippen LogP contribution in [-0.2, 0) is 16.6 Å². The number of carbonyl (C=O) groups excluding carboxylic acids is 1. The highest BCUT2D eigenvalue weighted by Gasteiger charge is 2.58. The first-order chi connectivity index (χ1) is 12.6. The van der Waals surface area contributed by atoms with E-state index in [0.29, 0.717) is 35.8 Å². The number of nitrogens with zero attached hydrogens (tertiary/aromatic N) is 1. The number of hydrogen-bond acceptors (Lipinski definition) is 3. The van der Waals surface area contributed by atoms with Crippen LogP contribution in [0, 0.1) is 17.8 Å². The van der Waals surface area contributed by atoms with Gasteiger partial charge < -0.3 is 5.11 Å². The number of hydrogen-bond donors (Lipinski definition) is 1. The highest BCUT2D eigenvalue weighted by Crippen LogP contribution is 2.58. The predicted molar refractivity (Wildman–Crippen MR) is 102 cm³/mol. The zero-order valence-corrected chi connectivity index (χ0v) is 15.9. The Balaban J connectivity index is 1.59. The van der Waals surface area contributed by atoms with Gasteiger partial charge in [-0.1, -0.05) is 25.8 Å². The van der Waals surface area contributed by atoms with Crippen LogP contribution in [0.1, 0.15) is 63.0 Å². The molecule has 1 saturated heterocycles. The first-order valence-corrected chi connectivity index (χ1v) is 10.7. The first kappa shape index (κ1) is 16.8. The molecule has 1 aromatic carbocycles. The monoisotopic (exact) mass is 353 g/mol. The SMILES string of the molecule is CC[C@H]1CC(=O)CC23CCN(CC4CCC4)C(Cc4ccc(O)cc42)[C@H]13. The third-order valence-electron chi connectivity index (χ3n) is 8.18. The second-order valence-electron chi connectivity index (χ2n) is 9.42. The Morgan fingerprint density at radius 1 is 1.27 bits per heavy atom. The van der Waals surface area contributed by atoms with Crippen LogP contribution in [0.3, 0.4) is 0 Å². The molecule has 3 heteroatoms. The predicted octanol–water partition coefficient (Wildman–Crippen LogP) is 4.07. The van der Waals surface area contributed by atoms with Crippen molar-refractivity contribution in [2.45, 2.75) is 69.7 Å². The number of rotatable bonds is 3. The number of carbonyl (C=O) groups is 1. The third kappa shape index (κ3) is 2.39. The average Bonchev–Trinajstić information content (AvgIpc) is 2.59. The lowest BCUT2D eigenvalue weighted by molar-refractivity contribution is -0.132. The summed E-state index contributed by atoms with van der Waals surface area (Å²) in [6.07, 6.45) is 8.95. The maximum absolute atomic E-state index is 12.7. The van der Waals surface area contributed by atoms with E-state index in [1.54, 1.807) is 0 Å². The molecule has 5 rings (SSSR count). The van der Waals surface area contributed by atoms with Crippen molar-refractivity contribution in [2.75, 3.05) is 13.1 Å². The lowest BCUT2D eigenvalue weighted by Crippen LogP contribution is -2.64. The second kappa shape index (κ2) is 6.09. The maximum atomic E-state index is 12.7. The molecule has 140 valence electrons. The normalized spacial score (nSPS) is 37.0. The van der Waals surface area contributed by atoms with Gasteiger partial charge in [0.05, 0.1) is 0 Å². The largest absolute Gasteiger partial charge is 0.508 e. The van der Waals surface area contributed by atoms with Crippen LogP contribution in [0.15, 0.2) is 18.2 Å². The van der Waals surface area contributed by atoms with Crippen LogP contribution in [0.2, 0.25) is 0 Å². The number of ketones is 1. The summed E-state index contributed by atoms with van der Waals surface area (Å²) >= 11 is 0. The Morgan fingerprint density at radius 3 is 2.85 bits per heavy atom. The zero-order chi connectivity index (χ0) is 17.9. The van der Waals surface area contributed by atoms with Crippen molar-refractivity contribution in [3.05, 3.63) is 29.3 Å². The van der Waals surface area contributed by atoms with Gasteiger partial charge in [0.2, 0.25) is 0 Å². The fourth-order valence-corrected chi connectivity index (χ4v) is 6.81. The van der Waals surface area contributed by atoms with Crippen LogP contribution in [-0.4, -0.2) is 34.9 Å². The summed E-state index contributed by atoms with van der Waals surface area (Å²) in [6, 6.07) is 6.54. The molecule has 3 fully saturated rings. The van der Waals surface area contributed by atoms with E-state index in [2.05, 4.69) is 17.9 Å². The number of phenols is 1. The minimum Gasteiger partial charge on any atom is -0.508 e. The van der Waals surface area contributed by atoms with E-state index < -0.39 is 0 Å². The second-order valence-corrected chi connectivity index (χ2v) is 9.42. The van der Waals surface area contributed by atoms with E-state index in [0.717, 1.165) is 38.1 Å². The smallest absolute Gasteiger partial charge is 0.134 e. The van der Waals surface area contributed by atoms with Crippen molar-refractivity contribution in [1.29, 1.82) is 0 Å². The van der Waals surface area contributed by atoms with Crippen molar-refractivity contribution in [2.24, 2.45) is 17.8 Å². The zero-order valence-electron chi connectivity index (χ0n) is 15.9. The summed E-state index contributed by atoms with van der Waals surface area (Å²) in [7, 11) is 0. The molecule has 0 radical (unpaired) electrons. The molecule has 2 saturated carbocycles. The molecular formula is C23H31NO2. The highest BCUT2D eigenvalue weighted by atomic mass is 16.3. The fraction of sp³-hybridized carbons (Fsp3) is 0.696. The van der Waals surface area contributed by atoms with Crippen molar-refractivity contribution in [3.8, 4) is 5.75 Å². The van der Waals surface area contributed by atoms with E-state index in [1.807, 2.05) is 12.1 Å². The molecule has 1 N–H and O–H groups in total. The molecule has 2 unspecified atom stereocenters. The van der Waals surface area contributed by atoms with Gasteiger partial charge in [0.25, 0.3) is 0 Å². The van der Waals surface area contributed by atoms with Gasteiger partial charge in [-0.3, -0.25) is 9.69 Å². The van der Waals surface area contributed by atoms with Crippen LogP contribution < -0.4 is 0 Å². The van der Waals surface area contributed by atoms with Gasteiger partial charge in [-0.25, -0.2) is 0 Å². The Kier molecular flexibility index (Phi) is 3.93. The van der Waals surface area contributed by atoms with Gasteiger partial charge in [-0.15, -0.1) is 0 Å². The number of Topliss-reactive ketones (excluding diaryl/α,β-unsaturated/α-hetero) is 1. The molecule has 0 aromatic heterocycles. The van der Waals surface area contributed by atoms with E-state index in [9.17, 15) is 9.90 Å². The van der Waals surface area contributed by atoms with Gasteiger partial charge in [0.1, 0.15) is 11.5 Å². The summed E-state index contributed by atoms with van der Waals surface area (Å²) in [5.74, 6) is 2.78. The van der Waals surface area contributed by atoms with E-state index in [-0.39, 0.29) is 5.41 Å². The lowest BCUT2D eigenvalue weighted by atomic mass is 9.49. The average molecular weight is 354 g/mol. The molecular weight excluding hydrogens is 322 g/mol. The molecule has 1 aliphatic heterocycles.